The van der Waals surface area contributed by atoms with Gasteiger partial charge >= 0.3 is 21.7 Å². The van der Waals surface area contributed by atoms with E-state index in [-0.39, 0.29) is 17.2 Å². The van der Waals surface area contributed by atoms with Gasteiger partial charge in [-0.15, -0.1) is 0 Å². The van der Waals surface area contributed by atoms with E-state index in [2.05, 4.69) is 10.8 Å². The molecule has 0 atom stereocenters. The second-order valence-electron chi connectivity index (χ2n) is 11.4. The van der Waals surface area contributed by atoms with Gasteiger partial charge in [-0.3, -0.25) is 4.79 Å². The average Bonchev–Trinajstić information content (AvgIpc) is 2.93. The molecule has 0 saturated carbocycles. The number of carbonyl (C=O) groups excluding carboxylic acids is 2. The molecule has 1 aromatic rings. The minimum atomic E-state index is -5.95. The third kappa shape index (κ3) is 8.04. The van der Waals surface area contributed by atoms with Crippen LogP contribution in [0.15, 0.2) is 66.2 Å². The van der Waals surface area contributed by atoms with Crippen molar-refractivity contribution in [2.45, 2.75) is 71.1 Å². The Kier molecular flexibility index (Phi) is 10.3. The highest BCUT2D eigenvalue weighted by atomic mass is 32.2. The fraction of sp³-hybridized carbons (Fsp3) is 0.484. The van der Waals surface area contributed by atoms with Crippen LogP contribution >= 0.6 is 0 Å². The molecule has 2 heterocycles. The van der Waals surface area contributed by atoms with Crippen LogP contribution in [-0.2, 0) is 23.8 Å². The average molecular weight is 641 g/mol. The number of allylic oxidation sites excluding steroid dienone is 3. The molecule has 3 rings (SSSR count). The molecular formula is C31H39F3N2O7S. The number of hydrogen-bond acceptors (Lipinski definition) is 7. The first-order valence-electron chi connectivity index (χ1n) is 14.2. The lowest BCUT2D eigenvalue weighted by Crippen LogP contribution is -2.49. The zero-order valence-electron chi connectivity index (χ0n) is 25.8. The maximum absolute atomic E-state index is 13.0. The van der Waals surface area contributed by atoms with Crippen molar-refractivity contribution in [2.75, 3.05) is 26.2 Å². The monoisotopic (exact) mass is 640 g/mol. The van der Waals surface area contributed by atoms with Crippen molar-refractivity contribution in [3.63, 3.8) is 0 Å². The predicted octanol–water partition coefficient (Wildman–Crippen LogP) is 6.56. The lowest BCUT2D eigenvalue weighted by atomic mass is 9.82. The molecule has 2 aliphatic rings. The molecule has 1 fully saturated rings. The van der Waals surface area contributed by atoms with Crippen LogP contribution in [0.5, 0.6) is 0 Å². The second-order valence-corrected chi connectivity index (χ2v) is 12.9. The van der Waals surface area contributed by atoms with Gasteiger partial charge in [0.05, 0.1) is 0 Å². The molecule has 1 spiro atoms. The Balaban J connectivity index is 2.06. The molecule has 0 N–H and O–H groups in total. The molecule has 13 heteroatoms. The smallest absolute Gasteiger partial charge is 0.483 e. The number of hydrogen-bond donors (Lipinski definition) is 0. The third-order valence-corrected chi connectivity index (χ3v) is 8.10. The summed E-state index contributed by atoms with van der Waals surface area (Å²) >= 11 is 0. The Morgan fingerprint density at radius 1 is 1.09 bits per heavy atom. The molecular weight excluding hydrogens is 601 g/mol. The minimum Gasteiger partial charge on any atom is -0.483 e. The summed E-state index contributed by atoms with van der Waals surface area (Å²) in [6, 6.07) is 6.70. The maximum atomic E-state index is 13.0. The van der Waals surface area contributed by atoms with E-state index in [4.69, 9.17) is 9.47 Å². The van der Waals surface area contributed by atoms with E-state index >= 15 is 0 Å². The summed E-state index contributed by atoms with van der Waals surface area (Å²) in [7, 11) is -5.95. The molecule has 0 bridgehead atoms. The number of halogens is 3. The Labute approximate surface area is 256 Å². The van der Waals surface area contributed by atoms with Gasteiger partial charge in [-0.1, -0.05) is 18.7 Å². The Hall–Kier alpha value is -3.74. The molecule has 2 aliphatic heterocycles. The van der Waals surface area contributed by atoms with Gasteiger partial charge in [0.15, 0.2) is 0 Å². The van der Waals surface area contributed by atoms with E-state index in [0.29, 0.717) is 55.7 Å². The summed E-state index contributed by atoms with van der Waals surface area (Å²) in [5, 5.41) is 0. The summed E-state index contributed by atoms with van der Waals surface area (Å²) in [5.41, 5.74) is -5.42. The number of nitrogens with zero attached hydrogens (tertiary/aromatic N) is 2. The molecule has 2 amide bonds. The van der Waals surface area contributed by atoms with Crippen molar-refractivity contribution >= 4 is 27.7 Å². The second kappa shape index (κ2) is 13.1. The number of benzene rings is 1. The van der Waals surface area contributed by atoms with Gasteiger partial charge in [0.1, 0.15) is 22.7 Å². The summed E-state index contributed by atoms with van der Waals surface area (Å²) < 4.78 is 78.4. The Bertz CT molecular complexity index is 1460. The fourth-order valence-corrected chi connectivity index (χ4v) is 5.30. The van der Waals surface area contributed by atoms with Gasteiger partial charge in [0, 0.05) is 50.2 Å². The van der Waals surface area contributed by atoms with Gasteiger partial charge < -0.3 is 23.5 Å². The Morgan fingerprint density at radius 2 is 1.66 bits per heavy atom. The summed E-state index contributed by atoms with van der Waals surface area (Å²) in [4.78, 5) is 28.8. The number of piperidine rings is 1. The topological polar surface area (TPSA) is 102 Å². The van der Waals surface area contributed by atoms with Crippen LogP contribution in [0.4, 0.5) is 18.0 Å². The molecule has 0 unspecified atom stereocenters. The number of rotatable bonds is 7. The molecule has 44 heavy (non-hydrogen) atoms. The van der Waals surface area contributed by atoms with E-state index in [0.717, 1.165) is 6.08 Å². The van der Waals surface area contributed by atoms with Gasteiger partial charge in [0.2, 0.25) is 0 Å². The van der Waals surface area contributed by atoms with Crippen LogP contribution < -0.4 is 0 Å². The van der Waals surface area contributed by atoms with E-state index in [9.17, 15) is 31.2 Å². The van der Waals surface area contributed by atoms with Crippen LogP contribution in [0.25, 0.3) is 5.57 Å². The highest BCUT2D eigenvalue weighted by molar-refractivity contribution is 7.87. The molecule has 1 aromatic carbocycles. The first kappa shape index (κ1) is 34.7. The van der Waals surface area contributed by atoms with Gasteiger partial charge in [-0.2, -0.15) is 21.6 Å². The molecule has 9 nitrogen and oxygen atoms in total. The van der Waals surface area contributed by atoms with Crippen LogP contribution in [-0.4, -0.2) is 73.1 Å². The van der Waals surface area contributed by atoms with Gasteiger partial charge in [-0.05, 0) is 83.0 Å². The number of ether oxygens (including phenoxy) is 2. The zero-order valence-corrected chi connectivity index (χ0v) is 26.6. The van der Waals surface area contributed by atoms with Crippen molar-refractivity contribution < 1.29 is 44.8 Å². The first-order chi connectivity index (χ1) is 20.3. The van der Waals surface area contributed by atoms with E-state index < -0.39 is 38.7 Å². The van der Waals surface area contributed by atoms with E-state index in [1.807, 2.05) is 19.9 Å². The molecule has 242 valence electrons. The van der Waals surface area contributed by atoms with E-state index in [1.54, 1.807) is 67.8 Å². The number of likely N-dealkylation sites (tertiary alicyclic amines) is 1. The lowest BCUT2D eigenvalue weighted by molar-refractivity contribution is -0.0519. The van der Waals surface area contributed by atoms with Crippen molar-refractivity contribution in [1.82, 2.24) is 9.80 Å². The van der Waals surface area contributed by atoms with Crippen molar-refractivity contribution in [2.24, 2.45) is 0 Å². The number of alkyl halides is 3. The van der Waals surface area contributed by atoms with E-state index in [1.165, 1.54) is 0 Å². The standard InChI is InChI=1S/C31H39F3N2O7S/c1-8-26-24(19-21(4)43-44(39,40)31(32,33)34)25(22-11-13-23(14-12-22)27(37)35(9-2)10-3)20-30(41-26)15-17-36(18-16-30)28(38)42-29(5,6)7/h8,11-14,19-20H,4,9-10,15-18H2,1-3,5-7H3/b24-19-,26-8+. The van der Waals surface area contributed by atoms with Gasteiger partial charge in [-0.25, -0.2) is 4.79 Å². The van der Waals surface area contributed by atoms with Crippen molar-refractivity contribution in [1.29, 1.82) is 0 Å². The predicted molar refractivity (Wildman–Crippen MR) is 160 cm³/mol. The minimum absolute atomic E-state index is 0.155. The van der Waals surface area contributed by atoms with Crippen molar-refractivity contribution in [3.8, 4) is 0 Å². The van der Waals surface area contributed by atoms with Crippen molar-refractivity contribution in [3.05, 3.63) is 77.3 Å². The van der Waals surface area contributed by atoms with Crippen LogP contribution in [0.1, 0.15) is 70.3 Å². The SMILES string of the molecule is C=C(/C=C1/C(c2ccc(C(=O)N(CC)CC)cc2)=CC2(CCN(C(=O)OC(C)(C)C)CC2)O/C1=C/C)OS(=O)(=O)C(F)(F)F. The molecule has 0 aliphatic carbocycles. The molecule has 0 radical (unpaired) electrons. The third-order valence-electron chi connectivity index (χ3n) is 7.10. The van der Waals surface area contributed by atoms with Crippen LogP contribution in [0.3, 0.4) is 0 Å². The highest BCUT2D eigenvalue weighted by Gasteiger charge is 2.49. The maximum Gasteiger partial charge on any atom is 0.534 e. The molecule has 0 aromatic heterocycles. The van der Waals surface area contributed by atoms with Crippen LogP contribution in [0, 0.1) is 0 Å². The largest absolute Gasteiger partial charge is 0.534 e. The number of carbonyl (C=O) groups is 2. The van der Waals surface area contributed by atoms with Crippen LogP contribution in [0.2, 0.25) is 0 Å². The number of amides is 2. The normalized spacial score (nSPS) is 18.9. The molecule has 1 saturated heterocycles. The van der Waals surface area contributed by atoms with Gasteiger partial charge in [0.25, 0.3) is 5.91 Å². The fourth-order valence-electron chi connectivity index (χ4n) is 4.88. The lowest BCUT2D eigenvalue weighted by Gasteiger charge is -2.44. The highest BCUT2D eigenvalue weighted by Crippen LogP contribution is 2.44. The summed E-state index contributed by atoms with van der Waals surface area (Å²) in [5.74, 6) is -0.668. The summed E-state index contributed by atoms with van der Waals surface area (Å²) in [6.07, 6.45) is 4.78. The summed E-state index contributed by atoms with van der Waals surface area (Å²) in [6.45, 7) is 15.8. The Morgan fingerprint density at radius 3 is 2.14 bits per heavy atom. The first-order valence-corrected chi connectivity index (χ1v) is 15.6. The quantitative estimate of drug-likeness (QED) is 0.189. The zero-order chi connectivity index (χ0) is 33.1.